The molecule has 0 aliphatic carbocycles. The van der Waals surface area contributed by atoms with Crippen LogP contribution in [0, 0.1) is 12.7 Å². The van der Waals surface area contributed by atoms with E-state index in [0.29, 0.717) is 14.3 Å². The first kappa shape index (κ1) is 16.0. The molecule has 0 unspecified atom stereocenters. The molecule has 0 bridgehead atoms. The molecule has 114 valence electrons. The molecule has 0 N–H and O–H groups in total. The summed E-state index contributed by atoms with van der Waals surface area (Å²) in [7, 11) is -3.73. The molecule has 1 aliphatic rings. The van der Waals surface area contributed by atoms with Crippen LogP contribution in [0.5, 0.6) is 0 Å². The van der Waals surface area contributed by atoms with Crippen LogP contribution in [-0.4, -0.2) is 28.8 Å². The van der Waals surface area contributed by atoms with Gasteiger partial charge in [0.25, 0.3) is 0 Å². The molecule has 0 spiro atoms. The predicted molar refractivity (Wildman–Crippen MR) is 107 cm³/mol. The van der Waals surface area contributed by atoms with Crippen LogP contribution >= 0.6 is 67.9 Å². The number of rotatable bonds is 1. The second kappa shape index (κ2) is 5.27. The van der Waals surface area contributed by atoms with Crippen LogP contribution in [0.15, 0.2) is 15.9 Å². The number of hydrogen-bond donors (Lipinski definition) is 0. The molecule has 4 rings (SSSR count). The van der Waals surface area contributed by atoms with Gasteiger partial charge in [0.15, 0.2) is 0 Å². The van der Waals surface area contributed by atoms with Gasteiger partial charge in [0.1, 0.15) is 0 Å². The monoisotopic (exact) mass is 641 g/mol. The van der Waals surface area contributed by atoms with Crippen LogP contribution in [0.2, 0.25) is 0 Å². The van der Waals surface area contributed by atoms with Crippen molar-refractivity contribution in [3.63, 3.8) is 0 Å². The number of nitrogens with zero attached hydrogens (tertiary/aromatic N) is 1. The number of thiophene rings is 2. The Morgan fingerprint density at radius 1 is 1.18 bits per heavy atom. The van der Waals surface area contributed by atoms with E-state index in [4.69, 9.17) is 0 Å². The third-order valence-electron chi connectivity index (χ3n) is 3.23. The van der Waals surface area contributed by atoms with Crippen molar-refractivity contribution in [1.29, 1.82) is 0 Å². The molecular formula is C12H5I2NO3S3Se. The van der Waals surface area contributed by atoms with Crippen LogP contribution < -0.4 is 4.31 Å². The molecule has 22 heavy (non-hydrogen) atoms. The van der Waals surface area contributed by atoms with E-state index in [2.05, 4.69) is 45.2 Å². The number of aryl methyl sites for hydroxylation is 1. The first-order valence-electron chi connectivity index (χ1n) is 5.88. The van der Waals surface area contributed by atoms with Crippen molar-refractivity contribution < 1.29 is 13.2 Å². The van der Waals surface area contributed by atoms with Crippen molar-refractivity contribution in [2.75, 3.05) is 4.31 Å². The molecule has 4 heterocycles. The van der Waals surface area contributed by atoms with E-state index in [1.54, 1.807) is 17.4 Å². The predicted octanol–water partition coefficient (Wildman–Crippen LogP) is 3.89. The summed E-state index contributed by atoms with van der Waals surface area (Å²) < 4.78 is 30.1. The quantitative estimate of drug-likeness (QED) is 0.300. The molecule has 4 nitrogen and oxygen atoms in total. The fourth-order valence-corrected chi connectivity index (χ4v) is 13.9. The number of halogens is 2. The van der Waals surface area contributed by atoms with Crippen LogP contribution in [0.4, 0.5) is 5.00 Å². The molecular weight excluding hydrogens is 635 g/mol. The number of amides is 1. The van der Waals surface area contributed by atoms with Gasteiger partial charge in [0, 0.05) is 0 Å². The second-order valence-corrected chi connectivity index (χ2v) is 14.9. The van der Waals surface area contributed by atoms with Crippen molar-refractivity contribution in [3.8, 4) is 0 Å². The van der Waals surface area contributed by atoms with Gasteiger partial charge in [0.05, 0.1) is 0 Å². The van der Waals surface area contributed by atoms with Crippen molar-refractivity contribution in [2.24, 2.45) is 0 Å². The molecule has 0 saturated carbocycles. The molecule has 3 aromatic heterocycles. The van der Waals surface area contributed by atoms with Crippen molar-refractivity contribution in [2.45, 2.75) is 10.7 Å². The Bertz CT molecular complexity index is 1060. The third-order valence-corrected chi connectivity index (χ3v) is 14.0. The van der Waals surface area contributed by atoms with Gasteiger partial charge in [-0.3, -0.25) is 0 Å². The van der Waals surface area contributed by atoms with E-state index in [1.165, 1.54) is 11.3 Å². The van der Waals surface area contributed by atoms with Gasteiger partial charge in [-0.15, -0.1) is 0 Å². The van der Waals surface area contributed by atoms with Gasteiger partial charge < -0.3 is 0 Å². The summed E-state index contributed by atoms with van der Waals surface area (Å²) in [6, 6.07) is 3.54. The van der Waals surface area contributed by atoms with E-state index in [1.807, 2.05) is 13.0 Å². The Morgan fingerprint density at radius 3 is 2.55 bits per heavy atom. The van der Waals surface area contributed by atoms with Crippen LogP contribution in [-0.2, 0) is 10.0 Å². The Hall–Kier alpha value is 0.539. The summed E-state index contributed by atoms with van der Waals surface area (Å²) in [5.41, 5.74) is 0.407. The Labute approximate surface area is 167 Å². The first-order valence-corrected chi connectivity index (χ1v) is 12.8. The zero-order chi connectivity index (χ0) is 15.8. The van der Waals surface area contributed by atoms with E-state index < -0.39 is 15.9 Å². The summed E-state index contributed by atoms with van der Waals surface area (Å²) in [5.74, 6) is -0.399. The van der Waals surface area contributed by atoms with Gasteiger partial charge in [-0.05, 0) is 0 Å². The topological polar surface area (TPSA) is 54.5 Å². The average molecular weight is 640 g/mol. The average Bonchev–Trinajstić information content (AvgIpc) is 3.10. The summed E-state index contributed by atoms with van der Waals surface area (Å²) in [6.07, 6.45) is 0. The molecule has 10 heteroatoms. The van der Waals surface area contributed by atoms with Crippen molar-refractivity contribution in [3.05, 3.63) is 28.3 Å². The van der Waals surface area contributed by atoms with Gasteiger partial charge in [-0.1, -0.05) is 0 Å². The molecule has 3 aromatic rings. The first-order chi connectivity index (χ1) is 10.3. The fraction of sp³-hybridized carbons (Fsp3) is 0.0833. The minimum atomic E-state index is -3.73. The van der Waals surface area contributed by atoms with Gasteiger partial charge in [-0.2, -0.15) is 0 Å². The Kier molecular flexibility index (Phi) is 3.84. The standard InChI is InChI=1S/C12H5I2NO3S3Se/c1-4-2-3-5(19-4)15-11(16)7-6-8(10(14)20-9(6)13)22-12(7)21(15,17)18/h2-3H,1H3. The normalized spacial score (nSPS) is 16.7. The molecule has 0 saturated heterocycles. The summed E-state index contributed by atoms with van der Waals surface area (Å²) in [6.45, 7) is 1.90. The Balaban J connectivity index is 2.04. The van der Waals surface area contributed by atoms with Crippen LogP contribution in [0.3, 0.4) is 0 Å². The van der Waals surface area contributed by atoms with Crippen LogP contribution in [0.1, 0.15) is 15.2 Å². The van der Waals surface area contributed by atoms with Crippen molar-refractivity contribution in [1.82, 2.24) is 0 Å². The fourth-order valence-electron chi connectivity index (χ4n) is 2.33. The maximum atomic E-state index is 12.9. The van der Waals surface area contributed by atoms with E-state index in [-0.39, 0.29) is 14.5 Å². The second-order valence-electron chi connectivity index (χ2n) is 4.58. The number of carbonyl (C=O) groups is 1. The summed E-state index contributed by atoms with van der Waals surface area (Å²) in [4.78, 5) is 13.8. The molecule has 0 atom stereocenters. The Morgan fingerprint density at radius 2 is 1.91 bits per heavy atom. The number of sulfonamides is 1. The molecule has 0 fully saturated rings. The zero-order valence-corrected chi connectivity index (χ0v) is 19.2. The SMILES string of the molecule is Cc1ccc(N2C(=O)c3c([se]c4c(I)sc(I)c34)S2(=O)=O)s1. The van der Waals surface area contributed by atoms with Gasteiger partial charge >= 0.3 is 169 Å². The maximum absolute atomic E-state index is 12.9. The van der Waals surface area contributed by atoms with Gasteiger partial charge in [0.2, 0.25) is 0 Å². The van der Waals surface area contributed by atoms with Gasteiger partial charge in [-0.25, -0.2) is 0 Å². The molecule has 1 amide bonds. The van der Waals surface area contributed by atoms with E-state index in [9.17, 15) is 13.2 Å². The minimum absolute atomic E-state index is 0.323. The van der Waals surface area contributed by atoms with Crippen molar-refractivity contribution >= 4 is 113 Å². The number of anilines is 1. The van der Waals surface area contributed by atoms with E-state index >= 15 is 0 Å². The molecule has 0 radical (unpaired) electrons. The summed E-state index contributed by atoms with van der Waals surface area (Å²) in [5, 5.41) is 1.34. The molecule has 1 aliphatic heterocycles. The van der Waals surface area contributed by atoms with E-state index in [0.717, 1.165) is 24.6 Å². The number of fused-ring (bicyclic) bond motifs is 3. The number of hydrogen-bond acceptors (Lipinski definition) is 5. The zero-order valence-electron chi connectivity index (χ0n) is 10.7. The summed E-state index contributed by atoms with van der Waals surface area (Å²) >= 11 is 7.05. The third kappa shape index (κ3) is 2.07. The molecule has 0 aromatic carbocycles. The van der Waals surface area contributed by atoms with Crippen LogP contribution in [0.25, 0.3) is 9.65 Å². The number of carbonyl (C=O) groups excluding carboxylic acids is 1.